The Labute approximate surface area is 104 Å². The van der Waals surface area contributed by atoms with Crippen molar-refractivity contribution < 1.29 is 4.79 Å². The van der Waals surface area contributed by atoms with E-state index in [2.05, 4.69) is 10.5 Å². The molecule has 0 atom stereocenters. The summed E-state index contributed by atoms with van der Waals surface area (Å²) >= 11 is 1.57. The Morgan fingerprint density at radius 2 is 2.12 bits per heavy atom. The molecule has 0 aliphatic heterocycles. The van der Waals surface area contributed by atoms with Gasteiger partial charge in [0.15, 0.2) is 0 Å². The van der Waals surface area contributed by atoms with Crippen LogP contribution in [0.3, 0.4) is 0 Å². The van der Waals surface area contributed by atoms with Crippen molar-refractivity contribution in [3.8, 4) is 0 Å². The Hall–Kier alpha value is -1.94. The lowest BCUT2D eigenvalue weighted by molar-refractivity contribution is 0.0954. The summed E-state index contributed by atoms with van der Waals surface area (Å²) in [5, 5.41) is 5.88. The second-order valence-corrected chi connectivity index (χ2v) is 4.51. The number of thiophene rings is 1. The third-order valence-electron chi connectivity index (χ3n) is 2.29. The molecular weight excluding hydrogens is 232 g/mol. The fourth-order valence-corrected chi connectivity index (χ4v) is 1.99. The number of hydrogen-bond donors (Lipinski definition) is 1. The molecule has 0 aliphatic carbocycles. The molecule has 1 aromatic heterocycles. The number of nitrogens with zero attached hydrogens (tertiary/aromatic N) is 1. The first kappa shape index (κ1) is 11.5. The first-order chi connectivity index (χ1) is 8.27. The zero-order valence-electron chi connectivity index (χ0n) is 9.38. The molecule has 3 nitrogen and oxygen atoms in total. The van der Waals surface area contributed by atoms with E-state index in [1.54, 1.807) is 23.6 Å². The van der Waals surface area contributed by atoms with Crippen molar-refractivity contribution in [2.24, 2.45) is 5.10 Å². The smallest absolute Gasteiger partial charge is 0.267 e. The first-order valence-electron chi connectivity index (χ1n) is 5.20. The van der Waals surface area contributed by atoms with Crippen LogP contribution >= 0.6 is 11.3 Å². The van der Waals surface area contributed by atoms with Gasteiger partial charge < -0.3 is 0 Å². The quantitative estimate of drug-likeness (QED) is 0.654. The molecule has 1 N–H and O–H groups in total. The van der Waals surface area contributed by atoms with Crippen LogP contribution in [0.1, 0.15) is 20.8 Å². The monoisotopic (exact) mass is 244 g/mol. The first-order valence-corrected chi connectivity index (χ1v) is 6.08. The van der Waals surface area contributed by atoms with Gasteiger partial charge in [0.1, 0.15) is 0 Å². The highest BCUT2D eigenvalue weighted by molar-refractivity contribution is 7.11. The largest absolute Gasteiger partial charge is 0.271 e. The van der Waals surface area contributed by atoms with E-state index in [0.717, 1.165) is 10.4 Å². The standard InChI is InChI=1S/C13H12N2OS/c1-10-5-2-3-7-12(10)13(16)15-14-9-11-6-4-8-17-11/h2-9H,1H3,(H,15,16)/b14-9+. The SMILES string of the molecule is Cc1ccccc1C(=O)N/N=C/c1cccs1. The fraction of sp³-hybridized carbons (Fsp3) is 0.0769. The summed E-state index contributed by atoms with van der Waals surface area (Å²) in [5.74, 6) is -0.184. The van der Waals surface area contributed by atoms with Crippen LogP contribution < -0.4 is 5.43 Å². The second kappa shape index (κ2) is 5.41. The second-order valence-electron chi connectivity index (χ2n) is 3.53. The number of hydrogen-bond acceptors (Lipinski definition) is 3. The van der Waals surface area contributed by atoms with Gasteiger partial charge in [0.2, 0.25) is 0 Å². The summed E-state index contributed by atoms with van der Waals surface area (Å²) in [5.41, 5.74) is 4.11. The van der Waals surface area contributed by atoms with Crippen molar-refractivity contribution >= 4 is 23.5 Å². The van der Waals surface area contributed by atoms with Crippen molar-refractivity contribution in [2.75, 3.05) is 0 Å². The molecule has 0 aliphatic rings. The molecule has 86 valence electrons. The van der Waals surface area contributed by atoms with Crippen LogP contribution in [0.25, 0.3) is 0 Å². The van der Waals surface area contributed by atoms with Crippen molar-refractivity contribution in [1.82, 2.24) is 5.43 Å². The summed E-state index contributed by atoms with van der Waals surface area (Å²) < 4.78 is 0. The maximum absolute atomic E-state index is 11.8. The number of benzene rings is 1. The van der Waals surface area contributed by atoms with Gasteiger partial charge in [-0.15, -0.1) is 11.3 Å². The summed E-state index contributed by atoms with van der Waals surface area (Å²) in [6, 6.07) is 11.3. The van der Waals surface area contributed by atoms with Gasteiger partial charge in [0, 0.05) is 10.4 Å². The van der Waals surface area contributed by atoms with Crippen LogP contribution in [0.2, 0.25) is 0 Å². The van der Waals surface area contributed by atoms with Gasteiger partial charge in [0.05, 0.1) is 6.21 Å². The zero-order valence-corrected chi connectivity index (χ0v) is 10.2. The Morgan fingerprint density at radius 1 is 1.29 bits per heavy atom. The average Bonchev–Trinajstić information content (AvgIpc) is 2.82. The summed E-state index contributed by atoms with van der Waals surface area (Å²) in [6.45, 7) is 1.90. The van der Waals surface area contributed by atoms with Crippen LogP contribution in [0, 0.1) is 6.92 Å². The molecule has 1 amide bonds. The Balaban J connectivity index is 2.01. The Kier molecular flexibility index (Phi) is 3.67. The third-order valence-corrected chi connectivity index (χ3v) is 3.10. The van der Waals surface area contributed by atoms with Crippen LogP contribution in [-0.4, -0.2) is 12.1 Å². The number of carbonyl (C=O) groups is 1. The molecule has 0 saturated heterocycles. The predicted molar refractivity (Wildman–Crippen MR) is 70.6 cm³/mol. The minimum atomic E-state index is -0.184. The summed E-state index contributed by atoms with van der Waals surface area (Å²) in [4.78, 5) is 12.8. The van der Waals surface area contributed by atoms with E-state index < -0.39 is 0 Å². The lowest BCUT2D eigenvalue weighted by Gasteiger charge is -2.02. The number of rotatable bonds is 3. The molecule has 17 heavy (non-hydrogen) atoms. The number of carbonyl (C=O) groups excluding carboxylic acids is 1. The van der Waals surface area contributed by atoms with E-state index in [1.165, 1.54) is 0 Å². The van der Waals surface area contributed by atoms with Gasteiger partial charge in [0.25, 0.3) is 5.91 Å². The van der Waals surface area contributed by atoms with E-state index in [0.29, 0.717) is 5.56 Å². The van der Waals surface area contributed by atoms with E-state index in [1.807, 2.05) is 42.6 Å². The van der Waals surface area contributed by atoms with Gasteiger partial charge in [-0.05, 0) is 30.0 Å². The average molecular weight is 244 g/mol. The van der Waals surface area contributed by atoms with Gasteiger partial charge in [-0.3, -0.25) is 4.79 Å². The molecule has 1 aromatic carbocycles. The third kappa shape index (κ3) is 3.01. The number of hydrazone groups is 1. The number of amides is 1. The maximum Gasteiger partial charge on any atom is 0.271 e. The fourth-order valence-electron chi connectivity index (χ4n) is 1.41. The van der Waals surface area contributed by atoms with Crippen molar-refractivity contribution in [3.05, 3.63) is 57.8 Å². The van der Waals surface area contributed by atoms with Gasteiger partial charge in [-0.1, -0.05) is 24.3 Å². The van der Waals surface area contributed by atoms with Gasteiger partial charge in [-0.2, -0.15) is 5.10 Å². The molecule has 2 aromatic rings. The summed E-state index contributed by atoms with van der Waals surface area (Å²) in [6.07, 6.45) is 1.64. The van der Waals surface area contributed by atoms with Crippen LogP contribution in [0.4, 0.5) is 0 Å². The molecule has 0 saturated carbocycles. The maximum atomic E-state index is 11.8. The minimum absolute atomic E-state index is 0.184. The van der Waals surface area contributed by atoms with E-state index >= 15 is 0 Å². The van der Waals surface area contributed by atoms with Crippen molar-refractivity contribution in [1.29, 1.82) is 0 Å². The molecule has 0 bridgehead atoms. The van der Waals surface area contributed by atoms with E-state index in [-0.39, 0.29) is 5.91 Å². The van der Waals surface area contributed by atoms with Gasteiger partial charge >= 0.3 is 0 Å². The molecule has 0 radical (unpaired) electrons. The minimum Gasteiger partial charge on any atom is -0.267 e. The zero-order chi connectivity index (χ0) is 12.1. The molecule has 0 spiro atoms. The van der Waals surface area contributed by atoms with Crippen LogP contribution in [0.15, 0.2) is 46.9 Å². The van der Waals surface area contributed by atoms with E-state index in [9.17, 15) is 4.79 Å². The molecule has 0 fully saturated rings. The lowest BCUT2D eigenvalue weighted by Crippen LogP contribution is -2.18. The lowest BCUT2D eigenvalue weighted by atomic mass is 10.1. The molecular formula is C13H12N2OS. The highest BCUT2D eigenvalue weighted by atomic mass is 32.1. The van der Waals surface area contributed by atoms with Crippen LogP contribution in [0.5, 0.6) is 0 Å². The topological polar surface area (TPSA) is 41.5 Å². The van der Waals surface area contributed by atoms with E-state index in [4.69, 9.17) is 0 Å². The molecule has 4 heteroatoms. The highest BCUT2D eigenvalue weighted by Crippen LogP contribution is 2.07. The number of aryl methyl sites for hydroxylation is 1. The van der Waals surface area contributed by atoms with Gasteiger partial charge in [-0.25, -0.2) is 5.43 Å². The highest BCUT2D eigenvalue weighted by Gasteiger charge is 2.05. The van der Waals surface area contributed by atoms with Crippen molar-refractivity contribution in [2.45, 2.75) is 6.92 Å². The molecule has 0 unspecified atom stereocenters. The summed E-state index contributed by atoms with van der Waals surface area (Å²) in [7, 11) is 0. The Morgan fingerprint density at radius 3 is 2.82 bits per heavy atom. The molecule has 1 heterocycles. The number of nitrogens with one attached hydrogen (secondary N) is 1. The van der Waals surface area contributed by atoms with Crippen molar-refractivity contribution in [3.63, 3.8) is 0 Å². The normalized spacial score (nSPS) is 10.6. The predicted octanol–water partition coefficient (Wildman–Crippen LogP) is 2.82. The molecule has 2 rings (SSSR count). The van der Waals surface area contributed by atoms with Crippen LogP contribution in [-0.2, 0) is 0 Å². The Bertz CT molecular complexity index is 532.